The summed E-state index contributed by atoms with van der Waals surface area (Å²) in [5, 5.41) is 4.68. The van der Waals surface area contributed by atoms with Crippen LogP contribution >= 0.6 is 0 Å². The van der Waals surface area contributed by atoms with Crippen LogP contribution in [-0.2, 0) is 4.74 Å². The highest BCUT2D eigenvalue weighted by Gasteiger charge is 2.17. The zero-order valence-electron chi connectivity index (χ0n) is 12.9. The molecule has 0 unspecified atom stereocenters. The van der Waals surface area contributed by atoms with Crippen molar-refractivity contribution >= 4 is 11.5 Å². The van der Waals surface area contributed by atoms with E-state index in [2.05, 4.69) is 15.0 Å². The van der Waals surface area contributed by atoms with Crippen molar-refractivity contribution in [1.82, 2.24) is 14.6 Å². The van der Waals surface area contributed by atoms with E-state index in [9.17, 15) is 4.39 Å². The zero-order chi connectivity index (χ0) is 15.8. The van der Waals surface area contributed by atoms with Crippen molar-refractivity contribution < 1.29 is 9.13 Å². The average molecular weight is 312 g/mol. The molecule has 1 saturated heterocycles. The van der Waals surface area contributed by atoms with Gasteiger partial charge < -0.3 is 9.64 Å². The van der Waals surface area contributed by atoms with E-state index in [1.165, 1.54) is 6.07 Å². The maximum Gasteiger partial charge on any atom is 0.154 e. The van der Waals surface area contributed by atoms with Crippen LogP contribution in [0.15, 0.2) is 36.4 Å². The highest BCUT2D eigenvalue weighted by molar-refractivity contribution is 5.67. The molecule has 0 N–H and O–H groups in total. The molecule has 5 nitrogen and oxygen atoms in total. The summed E-state index contributed by atoms with van der Waals surface area (Å²) in [5.74, 6) is 0.619. The number of benzene rings is 1. The van der Waals surface area contributed by atoms with Gasteiger partial charge in [0, 0.05) is 18.7 Å². The number of aromatic nitrogens is 3. The third-order valence-electron chi connectivity index (χ3n) is 4.15. The summed E-state index contributed by atoms with van der Waals surface area (Å²) in [6, 6.07) is 10.6. The summed E-state index contributed by atoms with van der Waals surface area (Å²) in [7, 11) is 0. The number of fused-ring (bicyclic) bond motifs is 1. The van der Waals surface area contributed by atoms with Crippen LogP contribution in [0.5, 0.6) is 0 Å². The van der Waals surface area contributed by atoms with Crippen molar-refractivity contribution in [2.75, 3.05) is 31.2 Å². The first-order valence-electron chi connectivity index (χ1n) is 7.68. The van der Waals surface area contributed by atoms with Gasteiger partial charge >= 0.3 is 0 Å². The minimum absolute atomic E-state index is 0.271. The fraction of sp³-hybridized carbons (Fsp3) is 0.294. The number of anilines is 1. The Morgan fingerprint density at radius 3 is 2.65 bits per heavy atom. The molecular formula is C17H17FN4O. The van der Waals surface area contributed by atoms with E-state index in [-0.39, 0.29) is 5.82 Å². The predicted octanol–water partition coefficient (Wildman–Crippen LogP) is 2.68. The number of hydrogen-bond donors (Lipinski definition) is 0. The van der Waals surface area contributed by atoms with E-state index in [0.717, 1.165) is 30.2 Å². The molecular weight excluding hydrogens is 295 g/mol. The first-order valence-corrected chi connectivity index (χ1v) is 7.68. The average Bonchev–Trinajstić information content (AvgIpc) is 2.92. The van der Waals surface area contributed by atoms with Gasteiger partial charge in [-0.2, -0.15) is 0 Å². The van der Waals surface area contributed by atoms with Gasteiger partial charge in [-0.3, -0.25) is 0 Å². The van der Waals surface area contributed by atoms with Gasteiger partial charge in [0.05, 0.1) is 24.6 Å². The van der Waals surface area contributed by atoms with E-state index in [1.807, 2.05) is 25.1 Å². The molecule has 4 rings (SSSR count). The molecule has 6 heteroatoms. The summed E-state index contributed by atoms with van der Waals surface area (Å²) in [6.07, 6.45) is 0. The SMILES string of the molecule is Cc1c(-c2ccccc2F)nc2ccc(N3CCOCC3)nn12. The van der Waals surface area contributed by atoms with Gasteiger partial charge in [0.2, 0.25) is 0 Å². The Balaban J connectivity index is 1.80. The molecule has 1 aromatic carbocycles. The third-order valence-corrected chi connectivity index (χ3v) is 4.15. The van der Waals surface area contributed by atoms with Crippen molar-refractivity contribution in [3.63, 3.8) is 0 Å². The second-order valence-corrected chi connectivity index (χ2v) is 5.59. The van der Waals surface area contributed by atoms with Gasteiger partial charge in [0.15, 0.2) is 5.65 Å². The molecule has 23 heavy (non-hydrogen) atoms. The Hall–Kier alpha value is -2.47. The first kappa shape index (κ1) is 14.1. The number of rotatable bonds is 2. The number of ether oxygens (including phenoxy) is 1. The Kier molecular flexibility index (Phi) is 3.46. The number of halogens is 1. The number of aryl methyl sites for hydroxylation is 1. The van der Waals surface area contributed by atoms with E-state index >= 15 is 0 Å². The van der Waals surface area contributed by atoms with Crippen molar-refractivity contribution in [1.29, 1.82) is 0 Å². The lowest BCUT2D eigenvalue weighted by atomic mass is 10.1. The molecule has 2 aromatic heterocycles. The topological polar surface area (TPSA) is 42.7 Å². The molecule has 1 fully saturated rings. The minimum Gasteiger partial charge on any atom is -0.378 e. The van der Waals surface area contributed by atoms with Crippen LogP contribution in [0.2, 0.25) is 0 Å². The zero-order valence-corrected chi connectivity index (χ0v) is 12.9. The van der Waals surface area contributed by atoms with Gasteiger partial charge in [-0.15, -0.1) is 5.10 Å². The quantitative estimate of drug-likeness (QED) is 0.730. The second-order valence-electron chi connectivity index (χ2n) is 5.59. The first-order chi connectivity index (χ1) is 11.2. The lowest BCUT2D eigenvalue weighted by molar-refractivity contribution is 0.122. The van der Waals surface area contributed by atoms with Crippen molar-refractivity contribution in [2.45, 2.75) is 6.92 Å². The lowest BCUT2D eigenvalue weighted by Crippen LogP contribution is -2.37. The van der Waals surface area contributed by atoms with Gasteiger partial charge in [0.1, 0.15) is 11.6 Å². The van der Waals surface area contributed by atoms with E-state index in [1.54, 1.807) is 16.6 Å². The third kappa shape index (κ3) is 2.45. The minimum atomic E-state index is -0.271. The van der Waals surface area contributed by atoms with Crippen molar-refractivity contribution in [3.05, 3.63) is 47.9 Å². The normalized spacial score (nSPS) is 15.3. The van der Waals surface area contributed by atoms with Crippen LogP contribution in [0, 0.1) is 12.7 Å². The predicted molar refractivity (Wildman–Crippen MR) is 86.2 cm³/mol. The molecule has 3 aromatic rings. The molecule has 118 valence electrons. The molecule has 0 amide bonds. The maximum absolute atomic E-state index is 14.1. The molecule has 1 aliphatic rings. The van der Waals surface area contributed by atoms with Crippen LogP contribution in [0.4, 0.5) is 10.2 Å². The highest BCUT2D eigenvalue weighted by Crippen LogP contribution is 2.26. The second kappa shape index (κ2) is 5.62. The lowest BCUT2D eigenvalue weighted by Gasteiger charge is -2.27. The standard InChI is InChI=1S/C17H17FN4O/c1-12-17(13-4-2-3-5-14(13)18)19-15-6-7-16(20-22(12)15)21-8-10-23-11-9-21/h2-7H,8-11H2,1H3. The molecule has 0 atom stereocenters. The van der Waals surface area contributed by atoms with Crippen LogP contribution in [-0.4, -0.2) is 40.9 Å². The van der Waals surface area contributed by atoms with Crippen LogP contribution in [0.3, 0.4) is 0 Å². The monoisotopic (exact) mass is 312 g/mol. The summed E-state index contributed by atoms with van der Waals surface area (Å²) in [5.41, 5.74) is 2.69. The van der Waals surface area contributed by atoms with E-state index in [4.69, 9.17) is 4.74 Å². The maximum atomic E-state index is 14.1. The molecule has 0 bridgehead atoms. The van der Waals surface area contributed by atoms with Gasteiger partial charge in [0.25, 0.3) is 0 Å². The van der Waals surface area contributed by atoms with Crippen LogP contribution in [0.25, 0.3) is 16.9 Å². The molecule has 3 heterocycles. The number of nitrogens with zero attached hydrogens (tertiary/aromatic N) is 4. The van der Waals surface area contributed by atoms with E-state index < -0.39 is 0 Å². The smallest absolute Gasteiger partial charge is 0.154 e. The van der Waals surface area contributed by atoms with Gasteiger partial charge in [-0.1, -0.05) is 12.1 Å². The van der Waals surface area contributed by atoms with Gasteiger partial charge in [-0.25, -0.2) is 13.9 Å². The molecule has 0 saturated carbocycles. The number of morpholine rings is 1. The molecule has 0 spiro atoms. The summed E-state index contributed by atoms with van der Waals surface area (Å²) >= 11 is 0. The van der Waals surface area contributed by atoms with E-state index in [0.29, 0.717) is 24.5 Å². The summed E-state index contributed by atoms with van der Waals surface area (Å²) in [6.45, 7) is 4.99. The van der Waals surface area contributed by atoms with Crippen molar-refractivity contribution in [2.24, 2.45) is 0 Å². The largest absolute Gasteiger partial charge is 0.378 e. The number of imidazole rings is 1. The number of hydrogen-bond acceptors (Lipinski definition) is 4. The fourth-order valence-corrected chi connectivity index (χ4v) is 2.90. The van der Waals surface area contributed by atoms with Crippen LogP contribution in [0.1, 0.15) is 5.69 Å². The molecule has 0 radical (unpaired) electrons. The van der Waals surface area contributed by atoms with Crippen LogP contribution < -0.4 is 4.90 Å². The fourth-order valence-electron chi connectivity index (χ4n) is 2.90. The highest BCUT2D eigenvalue weighted by atomic mass is 19.1. The molecule has 0 aliphatic carbocycles. The Bertz CT molecular complexity index is 855. The van der Waals surface area contributed by atoms with Gasteiger partial charge in [-0.05, 0) is 31.2 Å². The Morgan fingerprint density at radius 2 is 1.87 bits per heavy atom. The molecule has 1 aliphatic heterocycles. The Morgan fingerprint density at radius 1 is 1.09 bits per heavy atom. The van der Waals surface area contributed by atoms with Crippen molar-refractivity contribution in [3.8, 4) is 11.3 Å². The summed E-state index contributed by atoms with van der Waals surface area (Å²) in [4.78, 5) is 6.73. The summed E-state index contributed by atoms with van der Waals surface area (Å²) < 4.78 is 21.2. The Labute approximate surface area is 133 Å².